The fourth-order valence-electron chi connectivity index (χ4n) is 3.10. The van der Waals surface area contributed by atoms with Crippen LogP contribution in [0.4, 0.5) is 4.79 Å². The quantitative estimate of drug-likeness (QED) is 0.693. The molecule has 0 aliphatic carbocycles. The van der Waals surface area contributed by atoms with Crippen LogP contribution in [0.1, 0.15) is 24.3 Å². The molecule has 0 saturated heterocycles. The number of amides is 2. The number of halogens is 1. The van der Waals surface area contributed by atoms with Gasteiger partial charge in [-0.05, 0) is 37.7 Å². The van der Waals surface area contributed by atoms with Crippen LogP contribution in [0.5, 0.6) is 0 Å². The number of carbonyl (C=O) groups excluding carboxylic acids is 2. The van der Waals surface area contributed by atoms with Gasteiger partial charge in [0.15, 0.2) is 0 Å². The summed E-state index contributed by atoms with van der Waals surface area (Å²) in [5, 5.41) is 6.13. The molecule has 2 heterocycles. The highest BCUT2D eigenvalue weighted by atomic mass is 35.5. The van der Waals surface area contributed by atoms with E-state index in [1.165, 1.54) is 6.26 Å². The molecule has 1 aromatic heterocycles. The Labute approximate surface area is 168 Å². The molecular weight excluding hydrogens is 382 g/mol. The van der Waals surface area contributed by atoms with Crippen molar-refractivity contribution >= 4 is 23.6 Å². The van der Waals surface area contributed by atoms with Crippen molar-refractivity contribution in [3.05, 3.63) is 70.3 Å². The summed E-state index contributed by atoms with van der Waals surface area (Å²) >= 11 is 6.24. The van der Waals surface area contributed by atoms with E-state index in [0.29, 0.717) is 35.1 Å². The highest BCUT2D eigenvalue weighted by Gasteiger charge is 2.35. The first-order chi connectivity index (χ1) is 13.5. The van der Waals surface area contributed by atoms with Crippen LogP contribution in [0.3, 0.4) is 0 Å². The highest BCUT2D eigenvalue weighted by molar-refractivity contribution is 6.31. The summed E-state index contributed by atoms with van der Waals surface area (Å²) in [7, 11) is 1.88. The van der Waals surface area contributed by atoms with Crippen molar-refractivity contribution in [2.75, 3.05) is 20.2 Å². The van der Waals surface area contributed by atoms with E-state index in [0.717, 1.165) is 5.56 Å². The molecule has 8 heteroatoms. The average molecular weight is 404 g/mol. The van der Waals surface area contributed by atoms with Crippen molar-refractivity contribution < 1.29 is 18.7 Å². The van der Waals surface area contributed by atoms with Crippen LogP contribution < -0.4 is 10.6 Å². The van der Waals surface area contributed by atoms with Crippen LogP contribution in [0.15, 0.2) is 58.3 Å². The van der Waals surface area contributed by atoms with Crippen LogP contribution in [-0.4, -0.2) is 37.1 Å². The fraction of sp³-hybridized carbons (Fsp3) is 0.300. The van der Waals surface area contributed by atoms with Crippen LogP contribution in [0.25, 0.3) is 0 Å². The molecule has 2 N–H and O–H groups in total. The molecule has 148 valence electrons. The second-order valence-corrected chi connectivity index (χ2v) is 6.83. The van der Waals surface area contributed by atoms with E-state index >= 15 is 0 Å². The molecule has 0 fully saturated rings. The fourth-order valence-corrected chi connectivity index (χ4v) is 3.30. The second kappa shape index (κ2) is 8.95. The molecule has 2 aromatic rings. The minimum Gasteiger partial charge on any atom is -0.467 e. The normalized spacial score (nSPS) is 16.7. The molecule has 3 rings (SSSR count). The van der Waals surface area contributed by atoms with Crippen molar-refractivity contribution in [2.24, 2.45) is 0 Å². The molecule has 0 radical (unpaired) electrons. The molecule has 1 aromatic carbocycles. The van der Waals surface area contributed by atoms with Crippen LogP contribution in [-0.2, 0) is 16.1 Å². The lowest BCUT2D eigenvalue weighted by Crippen LogP contribution is -2.48. The Morgan fingerprint density at radius 2 is 2.04 bits per heavy atom. The number of carbonyl (C=O) groups is 2. The number of nitrogens with one attached hydrogen (secondary N) is 2. The van der Waals surface area contributed by atoms with Gasteiger partial charge in [-0.25, -0.2) is 9.59 Å². The maximum absolute atomic E-state index is 12.7. The van der Waals surface area contributed by atoms with Gasteiger partial charge in [0.2, 0.25) is 0 Å². The van der Waals surface area contributed by atoms with E-state index in [1.54, 1.807) is 19.1 Å². The number of hydrogen-bond donors (Lipinski definition) is 2. The van der Waals surface area contributed by atoms with E-state index in [4.69, 9.17) is 20.8 Å². The summed E-state index contributed by atoms with van der Waals surface area (Å²) in [4.78, 5) is 26.8. The standard InChI is InChI=1S/C20H22ClN3O4/c1-3-27-19(25)17-15(12-24(2)11-13-7-4-5-8-14(13)21)22-20(26)23-18(17)16-9-6-10-28-16/h4-10,18H,3,11-12H2,1-2H3,(H2,22,23,26). The number of hydrogen-bond acceptors (Lipinski definition) is 5. The first-order valence-corrected chi connectivity index (χ1v) is 9.30. The van der Waals surface area contributed by atoms with Gasteiger partial charge >= 0.3 is 12.0 Å². The molecule has 1 atom stereocenters. The van der Waals surface area contributed by atoms with Crippen LogP contribution >= 0.6 is 11.6 Å². The predicted molar refractivity (Wildman–Crippen MR) is 105 cm³/mol. The van der Waals surface area contributed by atoms with Crippen LogP contribution in [0.2, 0.25) is 5.02 Å². The van der Waals surface area contributed by atoms with Gasteiger partial charge in [0.05, 0.1) is 18.4 Å². The highest BCUT2D eigenvalue weighted by Crippen LogP contribution is 2.28. The lowest BCUT2D eigenvalue weighted by Gasteiger charge is -2.30. The number of benzene rings is 1. The smallest absolute Gasteiger partial charge is 0.338 e. The van der Waals surface area contributed by atoms with Gasteiger partial charge in [0.25, 0.3) is 0 Å². The van der Waals surface area contributed by atoms with E-state index in [-0.39, 0.29) is 6.61 Å². The molecule has 0 bridgehead atoms. The minimum atomic E-state index is -0.716. The zero-order chi connectivity index (χ0) is 20.1. The first kappa shape index (κ1) is 20.0. The maximum Gasteiger partial charge on any atom is 0.338 e. The molecule has 1 aliphatic rings. The van der Waals surface area contributed by atoms with Gasteiger partial charge in [0, 0.05) is 23.8 Å². The molecule has 28 heavy (non-hydrogen) atoms. The Balaban J connectivity index is 1.90. The van der Waals surface area contributed by atoms with Crippen molar-refractivity contribution in [3.8, 4) is 0 Å². The van der Waals surface area contributed by atoms with Gasteiger partial charge in [-0.2, -0.15) is 0 Å². The lowest BCUT2D eigenvalue weighted by molar-refractivity contribution is -0.139. The summed E-state index contributed by atoms with van der Waals surface area (Å²) < 4.78 is 10.7. The third-order valence-corrected chi connectivity index (χ3v) is 4.67. The van der Waals surface area contributed by atoms with Crippen molar-refractivity contribution in [2.45, 2.75) is 19.5 Å². The zero-order valence-electron chi connectivity index (χ0n) is 15.7. The van der Waals surface area contributed by atoms with E-state index in [1.807, 2.05) is 36.2 Å². The van der Waals surface area contributed by atoms with Crippen molar-refractivity contribution in [3.63, 3.8) is 0 Å². The van der Waals surface area contributed by atoms with Crippen molar-refractivity contribution in [1.82, 2.24) is 15.5 Å². The molecule has 1 aliphatic heterocycles. The third-order valence-electron chi connectivity index (χ3n) is 4.30. The Hall–Kier alpha value is -2.77. The number of ether oxygens (including phenoxy) is 1. The van der Waals surface area contributed by atoms with Gasteiger partial charge in [-0.1, -0.05) is 29.8 Å². The largest absolute Gasteiger partial charge is 0.467 e. The van der Waals surface area contributed by atoms with E-state index in [9.17, 15) is 9.59 Å². The number of rotatable bonds is 7. The Morgan fingerprint density at radius 3 is 2.71 bits per heavy atom. The van der Waals surface area contributed by atoms with Crippen molar-refractivity contribution in [1.29, 1.82) is 0 Å². The molecule has 2 amide bonds. The van der Waals surface area contributed by atoms with E-state index in [2.05, 4.69) is 10.6 Å². The van der Waals surface area contributed by atoms with Gasteiger partial charge in [-0.3, -0.25) is 4.90 Å². The Kier molecular flexibility index (Phi) is 6.38. The maximum atomic E-state index is 12.7. The number of likely N-dealkylation sites (N-methyl/N-ethyl adjacent to an activating group) is 1. The summed E-state index contributed by atoms with van der Waals surface area (Å²) in [6.07, 6.45) is 1.50. The van der Waals surface area contributed by atoms with Gasteiger partial charge < -0.3 is 19.8 Å². The first-order valence-electron chi connectivity index (χ1n) is 8.92. The number of nitrogens with zero attached hydrogens (tertiary/aromatic N) is 1. The number of furan rings is 1. The molecular formula is C20H22ClN3O4. The molecule has 7 nitrogen and oxygen atoms in total. The minimum absolute atomic E-state index is 0.226. The number of urea groups is 1. The Morgan fingerprint density at radius 1 is 1.25 bits per heavy atom. The predicted octanol–water partition coefficient (Wildman–Crippen LogP) is 3.24. The number of esters is 1. The molecule has 1 unspecified atom stereocenters. The van der Waals surface area contributed by atoms with Gasteiger partial charge in [0.1, 0.15) is 11.8 Å². The molecule has 0 spiro atoms. The lowest BCUT2D eigenvalue weighted by atomic mass is 10.00. The summed E-state index contributed by atoms with van der Waals surface area (Å²) in [5.41, 5.74) is 1.74. The molecule has 0 saturated carbocycles. The average Bonchev–Trinajstić information content (AvgIpc) is 3.18. The summed E-state index contributed by atoms with van der Waals surface area (Å²) in [5.74, 6) is -0.0401. The SMILES string of the molecule is CCOC(=O)C1=C(CN(C)Cc2ccccc2Cl)NC(=O)NC1c1ccco1. The van der Waals surface area contributed by atoms with E-state index < -0.39 is 18.0 Å². The monoisotopic (exact) mass is 403 g/mol. The summed E-state index contributed by atoms with van der Waals surface area (Å²) in [6.45, 7) is 2.83. The Bertz CT molecular complexity index is 879. The topological polar surface area (TPSA) is 83.8 Å². The van der Waals surface area contributed by atoms with Gasteiger partial charge in [-0.15, -0.1) is 0 Å². The zero-order valence-corrected chi connectivity index (χ0v) is 16.5. The van der Waals surface area contributed by atoms with Crippen LogP contribution in [0, 0.1) is 0 Å². The third kappa shape index (κ3) is 4.55. The second-order valence-electron chi connectivity index (χ2n) is 6.42. The summed E-state index contributed by atoms with van der Waals surface area (Å²) in [6, 6.07) is 9.84.